The van der Waals surface area contributed by atoms with Gasteiger partial charge >= 0.3 is 0 Å². The lowest BCUT2D eigenvalue weighted by Crippen LogP contribution is -1.95. The molecule has 0 aliphatic carbocycles. The van der Waals surface area contributed by atoms with Crippen LogP contribution in [-0.4, -0.2) is 4.98 Å². The van der Waals surface area contributed by atoms with Crippen LogP contribution in [0.3, 0.4) is 0 Å². The van der Waals surface area contributed by atoms with E-state index >= 15 is 0 Å². The Hall–Kier alpha value is -1.74. The normalized spacial score (nSPS) is 10.4. The molecule has 0 spiro atoms. The first-order valence-electron chi connectivity index (χ1n) is 5.65. The molecule has 18 heavy (non-hydrogen) atoms. The molecule has 0 amide bonds. The van der Waals surface area contributed by atoms with Gasteiger partial charge in [-0.3, -0.25) is 0 Å². The highest BCUT2D eigenvalue weighted by atomic mass is 35.5. The van der Waals surface area contributed by atoms with Gasteiger partial charge in [0, 0.05) is 11.1 Å². The molecular formula is C14H15ClN2O. The van der Waals surface area contributed by atoms with Gasteiger partial charge in [0.2, 0.25) is 5.88 Å². The third-order valence-corrected chi connectivity index (χ3v) is 3.33. The monoisotopic (exact) mass is 262 g/mol. The molecule has 0 fully saturated rings. The van der Waals surface area contributed by atoms with Crippen molar-refractivity contribution in [1.29, 1.82) is 0 Å². The van der Waals surface area contributed by atoms with Crippen LogP contribution in [0.5, 0.6) is 11.6 Å². The lowest BCUT2D eigenvalue weighted by molar-refractivity contribution is 0.461. The molecule has 3 nitrogen and oxygen atoms in total. The summed E-state index contributed by atoms with van der Waals surface area (Å²) >= 11 is 6.11. The summed E-state index contributed by atoms with van der Waals surface area (Å²) in [5.41, 5.74) is 9.10. The molecule has 0 unspecified atom stereocenters. The third-order valence-electron chi connectivity index (χ3n) is 2.73. The Bertz CT molecular complexity index is 573. The highest BCUT2D eigenvalue weighted by Crippen LogP contribution is 2.28. The zero-order valence-corrected chi connectivity index (χ0v) is 11.4. The van der Waals surface area contributed by atoms with Crippen molar-refractivity contribution in [3.63, 3.8) is 0 Å². The zero-order chi connectivity index (χ0) is 13.3. The molecule has 0 saturated heterocycles. The summed E-state index contributed by atoms with van der Waals surface area (Å²) in [4.78, 5) is 4.27. The van der Waals surface area contributed by atoms with Crippen molar-refractivity contribution in [3.05, 3.63) is 46.1 Å². The Labute approximate surface area is 112 Å². The summed E-state index contributed by atoms with van der Waals surface area (Å²) in [7, 11) is 0. The number of nitrogen functional groups attached to an aromatic ring is 1. The van der Waals surface area contributed by atoms with E-state index in [0.29, 0.717) is 11.6 Å². The molecule has 1 heterocycles. The molecule has 4 heteroatoms. The molecule has 2 rings (SSSR count). The van der Waals surface area contributed by atoms with Crippen LogP contribution in [0.25, 0.3) is 0 Å². The van der Waals surface area contributed by atoms with E-state index in [0.717, 1.165) is 27.6 Å². The maximum Gasteiger partial charge on any atom is 0.219 e. The zero-order valence-electron chi connectivity index (χ0n) is 10.6. The molecule has 0 aliphatic heterocycles. The summed E-state index contributed by atoms with van der Waals surface area (Å²) in [6.07, 6.45) is 0. The molecule has 2 N–H and O–H groups in total. The van der Waals surface area contributed by atoms with E-state index in [1.807, 2.05) is 32.9 Å². The maximum atomic E-state index is 6.11. The van der Waals surface area contributed by atoms with Gasteiger partial charge in [0.1, 0.15) is 5.75 Å². The Morgan fingerprint density at radius 1 is 1.11 bits per heavy atom. The van der Waals surface area contributed by atoms with Gasteiger partial charge in [0.15, 0.2) is 0 Å². The Balaban J connectivity index is 2.31. The van der Waals surface area contributed by atoms with Crippen LogP contribution in [0, 0.1) is 20.8 Å². The Morgan fingerprint density at radius 2 is 1.72 bits per heavy atom. The molecule has 1 aromatic carbocycles. The summed E-state index contributed by atoms with van der Waals surface area (Å²) in [5, 5.41) is 0.767. The maximum absolute atomic E-state index is 6.11. The first-order valence-corrected chi connectivity index (χ1v) is 6.03. The number of nitrogens with zero attached hydrogens (tertiary/aromatic N) is 1. The van der Waals surface area contributed by atoms with E-state index in [1.54, 1.807) is 12.1 Å². The predicted molar refractivity (Wildman–Crippen MR) is 74.4 cm³/mol. The second-order valence-corrected chi connectivity index (χ2v) is 4.68. The van der Waals surface area contributed by atoms with Gasteiger partial charge in [0.05, 0.1) is 11.4 Å². The Kier molecular flexibility index (Phi) is 3.43. The second kappa shape index (κ2) is 4.86. The molecular weight excluding hydrogens is 248 g/mol. The van der Waals surface area contributed by atoms with Crippen LogP contribution in [0.4, 0.5) is 5.69 Å². The summed E-state index contributed by atoms with van der Waals surface area (Å²) < 4.78 is 5.71. The number of nitrogens with two attached hydrogens (primary N) is 1. The highest BCUT2D eigenvalue weighted by Gasteiger charge is 2.06. The highest BCUT2D eigenvalue weighted by molar-refractivity contribution is 6.32. The topological polar surface area (TPSA) is 48.1 Å². The number of aromatic nitrogens is 1. The van der Waals surface area contributed by atoms with Crippen LogP contribution in [0.2, 0.25) is 5.02 Å². The fraction of sp³-hybridized carbons (Fsp3) is 0.214. The number of halogens is 1. The van der Waals surface area contributed by atoms with Gasteiger partial charge in [0.25, 0.3) is 0 Å². The lowest BCUT2D eigenvalue weighted by atomic mass is 10.1. The molecule has 1 aromatic heterocycles. The molecule has 0 radical (unpaired) electrons. The minimum Gasteiger partial charge on any atom is -0.439 e. The minimum atomic E-state index is 0.530. The molecule has 2 aromatic rings. The van der Waals surface area contributed by atoms with Crippen molar-refractivity contribution in [2.45, 2.75) is 20.8 Å². The summed E-state index contributed by atoms with van der Waals surface area (Å²) in [5.74, 6) is 1.26. The number of ether oxygens (including phenoxy) is 1. The van der Waals surface area contributed by atoms with Crippen LogP contribution in [-0.2, 0) is 0 Å². The van der Waals surface area contributed by atoms with E-state index < -0.39 is 0 Å². The minimum absolute atomic E-state index is 0.530. The number of hydrogen-bond acceptors (Lipinski definition) is 3. The molecule has 94 valence electrons. The number of hydrogen-bond donors (Lipinski definition) is 1. The molecule has 0 bridgehead atoms. The SMILES string of the molecule is Cc1cc(Oc2ccc(N)c(C)n2)cc(C)c1Cl. The average Bonchev–Trinajstić information content (AvgIpc) is 2.31. The van der Waals surface area contributed by atoms with Crippen molar-refractivity contribution in [1.82, 2.24) is 4.98 Å². The summed E-state index contributed by atoms with van der Waals surface area (Å²) in [6, 6.07) is 7.32. The number of rotatable bonds is 2. The largest absolute Gasteiger partial charge is 0.439 e. The van der Waals surface area contributed by atoms with Gasteiger partial charge in [-0.05, 0) is 50.1 Å². The van der Waals surface area contributed by atoms with Gasteiger partial charge in [-0.2, -0.15) is 0 Å². The van der Waals surface area contributed by atoms with Crippen molar-refractivity contribution < 1.29 is 4.74 Å². The van der Waals surface area contributed by atoms with E-state index in [1.165, 1.54) is 0 Å². The van der Waals surface area contributed by atoms with E-state index in [2.05, 4.69) is 4.98 Å². The fourth-order valence-corrected chi connectivity index (χ4v) is 1.80. The van der Waals surface area contributed by atoms with E-state index in [-0.39, 0.29) is 0 Å². The van der Waals surface area contributed by atoms with Gasteiger partial charge < -0.3 is 10.5 Å². The molecule has 0 saturated carbocycles. The van der Waals surface area contributed by atoms with Crippen molar-refractivity contribution in [2.75, 3.05) is 5.73 Å². The van der Waals surface area contributed by atoms with E-state index in [4.69, 9.17) is 22.1 Å². The van der Waals surface area contributed by atoms with Crippen LogP contribution < -0.4 is 10.5 Å². The number of aryl methyl sites for hydroxylation is 3. The average molecular weight is 263 g/mol. The number of benzene rings is 1. The van der Waals surface area contributed by atoms with Crippen molar-refractivity contribution in [2.24, 2.45) is 0 Å². The fourth-order valence-electron chi connectivity index (χ4n) is 1.69. The first-order chi connectivity index (χ1) is 8.47. The third kappa shape index (κ3) is 2.57. The summed E-state index contributed by atoms with van der Waals surface area (Å²) in [6.45, 7) is 5.74. The van der Waals surface area contributed by atoms with Crippen molar-refractivity contribution >= 4 is 17.3 Å². The van der Waals surface area contributed by atoms with Gasteiger partial charge in [-0.1, -0.05) is 11.6 Å². The standard InChI is InChI=1S/C14H15ClN2O/c1-8-6-11(7-9(2)14(8)15)18-13-5-4-12(16)10(3)17-13/h4-7H,16H2,1-3H3. The Morgan fingerprint density at radius 3 is 2.28 bits per heavy atom. The van der Waals surface area contributed by atoms with Crippen LogP contribution in [0.15, 0.2) is 24.3 Å². The molecule has 0 aliphatic rings. The number of pyridine rings is 1. The number of anilines is 1. The predicted octanol–water partition coefficient (Wildman–Crippen LogP) is 4.03. The quantitative estimate of drug-likeness (QED) is 0.889. The van der Waals surface area contributed by atoms with Gasteiger partial charge in [-0.15, -0.1) is 0 Å². The second-order valence-electron chi connectivity index (χ2n) is 4.30. The van der Waals surface area contributed by atoms with E-state index in [9.17, 15) is 0 Å². The molecule has 0 atom stereocenters. The smallest absolute Gasteiger partial charge is 0.219 e. The van der Waals surface area contributed by atoms with Crippen LogP contribution >= 0.6 is 11.6 Å². The lowest BCUT2D eigenvalue weighted by Gasteiger charge is -2.10. The van der Waals surface area contributed by atoms with Gasteiger partial charge in [-0.25, -0.2) is 4.98 Å². The van der Waals surface area contributed by atoms with Crippen molar-refractivity contribution in [3.8, 4) is 11.6 Å². The first kappa shape index (κ1) is 12.7. The van der Waals surface area contributed by atoms with Crippen LogP contribution in [0.1, 0.15) is 16.8 Å².